The lowest BCUT2D eigenvalue weighted by Gasteiger charge is -2.24. The molecule has 0 aliphatic carbocycles. The Hall–Kier alpha value is -1.78. The largest absolute Gasteiger partial charge is 0.336 e. The summed E-state index contributed by atoms with van der Waals surface area (Å²) in [7, 11) is -0.716. The average Bonchev–Trinajstić information content (AvgIpc) is 2.90. The van der Waals surface area contributed by atoms with Crippen LogP contribution in [0.25, 0.3) is 0 Å². The van der Waals surface area contributed by atoms with Crippen molar-refractivity contribution in [1.82, 2.24) is 23.9 Å². The minimum absolute atomic E-state index is 0.0422. The van der Waals surface area contributed by atoms with Crippen LogP contribution in [0.3, 0.4) is 0 Å². The molecule has 0 saturated carbocycles. The van der Waals surface area contributed by atoms with E-state index in [1.807, 2.05) is 13.8 Å². The van der Waals surface area contributed by atoms with Crippen LogP contribution in [0.5, 0.6) is 0 Å². The Morgan fingerprint density at radius 2 is 2.08 bits per heavy atom. The van der Waals surface area contributed by atoms with Gasteiger partial charge in [-0.25, -0.2) is 4.98 Å². The molecule has 0 aromatic carbocycles. The number of H-pyrrole nitrogens is 1. The lowest BCUT2D eigenvalue weighted by atomic mass is 9.92. The molecule has 2 atom stereocenters. The van der Waals surface area contributed by atoms with E-state index in [0.29, 0.717) is 6.54 Å². The van der Waals surface area contributed by atoms with Gasteiger partial charge in [0.15, 0.2) is 0 Å². The first-order valence-corrected chi connectivity index (χ1v) is 9.09. The van der Waals surface area contributed by atoms with Crippen LogP contribution < -0.4 is 10.3 Å². The fourth-order valence-corrected chi connectivity index (χ4v) is 3.60. The number of nitrogens with zero attached hydrogens (tertiary/aromatic N) is 3. The summed E-state index contributed by atoms with van der Waals surface area (Å²) in [6, 6.07) is -0.405. The van der Waals surface area contributed by atoms with Gasteiger partial charge in [-0.1, -0.05) is 13.8 Å². The highest BCUT2D eigenvalue weighted by Crippen LogP contribution is 2.26. The molecule has 134 valence electrons. The van der Waals surface area contributed by atoms with Gasteiger partial charge in [-0.3, -0.25) is 9.59 Å². The Morgan fingerprint density at radius 3 is 2.62 bits per heavy atom. The number of aromatic nitrogens is 2. The summed E-state index contributed by atoms with van der Waals surface area (Å²) in [5.74, 6) is -0.314. The van der Waals surface area contributed by atoms with Gasteiger partial charge >= 0.3 is 0 Å². The molecule has 24 heavy (non-hydrogen) atoms. The summed E-state index contributed by atoms with van der Waals surface area (Å²) < 4.78 is 27.9. The van der Waals surface area contributed by atoms with E-state index in [0.717, 1.165) is 4.31 Å². The maximum Gasteiger partial charge on any atom is 0.279 e. The van der Waals surface area contributed by atoms with E-state index in [2.05, 4.69) is 14.7 Å². The first-order chi connectivity index (χ1) is 11.1. The highest BCUT2D eigenvalue weighted by atomic mass is 32.2. The van der Waals surface area contributed by atoms with Gasteiger partial charge in [0, 0.05) is 39.4 Å². The molecule has 1 aromatic rings. The summed E-state index contributed by atoms with van der Waals surface area (Å²) in [4.78, 5) is 32.0. The second-order valence-corrected chi connectivity index (χ2v) is 8.34. The Bertz CT molecular complexity index is 758. The molecule has 9 nitrogen and oxygen atoms in total. The Morgan fingerprint density at radius 1 is 1.42 bits per heavy atom. The van der Waals surface area contributed by atoms with Crippen LogP contribution in [0.1, 0.15) is 24.2 Å². The van der Waals surface area contributed by atoms with Gasteiger partial charge in [0.05, 0.1) is 6.33 Å². The topological polar surface area (TPSA) is 115 Å². The van der Waals surface area contributed by atoms with Crippen molar-refractivity contribution < 1.29 is 13.2 Å². The van der Waals surface area contributed by atoms with Gasteiger partial charge in [0.2, 0.25) is 0 Å². The number of nitrogens with one attached hydrogen (secondary N) is 2. The fraction of sp³-hybridized carbons (Fsp3) is 0.643. The molecule has 1 saturated heterocycles. The molecule has 1 aliphatic rings. The van der Waals surface area contributed by atoms with Crippen molar-refractivity contribution in [3.8, 4) is 0 Å². The van der Waals surface area contributed by atoms with Crippen LogP contribution in [0, 0.1) is 11.8 Å². The smallest absolute Gasteiger partial charge is 0.279 e. The summed E-state index contributed by atoms with van der Waals surface area (Å²) in [5.41, 5.74) is -0.551. The molecule has 2 N–H and O–H groups in total. The first-order valence-electron chi connectivity index (χ1n) is 7.65. The third-order valence-electron chi connectivity index (χ3n) is 4.24. The normalized spacial score (nSPS) is 21.7. The lowest BCUT2D eigenvalue weighted by molar-refractivity contribution is 0.0780. The van der Waals surface area contributed by atoms with Crippen molar-refractivity contribution in [2.24, 2.45) is 11.8 Å². The molecule has 0 unspecified atom stereocenters. The molecule has 0 bridgehead atoms. The molecule has 1 aliphatic heterocycles. The van der Waals surface area contributed by atoms with Crippen LogP contribution in [-0.4, -0.2) is 66.7 Å². The molecule has 10 heteroatoms. The Labute approximate surface area is 141 Å². The molecule has 2 rings (SSSR count). The number of amides is 1. The molecule has 1 amide bonds. The molecule has 1 fully saturated rings. The average molecular weight is 357 g/mol. The number of likely N-dealkylation sites (tertiary alicyclic amines) is 1. The zero-order valence-corrected chi connectivity index (χ0v) is 15.0. The summed E-state index contributed by atoms with van der Waals surface area (Å²) in [5, 5.41) is 0. The van der Waals surface area contributed by atoms with Crippen molar-refractivity contribution in [2.45, 2.75) is 19.9 Å². The van der Waals surface area contributed by atoms with Crippen molar-refractivity contribution in [3.63, 3.8) is 0 Å². The van der Waals surface area contributed by atoms with Crippen molar-refractivity contribution in [3.05, 3.63) is 28.4 Å². The summed E-state index contributed by atoms with van der Waals surface area (Å²) in [6.07, 6.45) is 2.44. The molecule has 1 aromatic heterocycles. The zero-order chi connectivity index (χ0) is 18.1. The number of hydrogen-bond donors (Lipinski definition) is 2. The van der Waals surface area contributed by atoms with Crippen molar-refractivity contribution in [2.75, 3.05) is 27.2 Å². The molecule has 0 radical (unpaired) electrons. The summed E-state index contributed by atoms with van der Waals surface area (Å²) in [6.45, 7) is 4.55. The summed E-state index contributed by atoms with van der Waals surface area (Å²) >= 11 is 0. The predicted molar refractivity (Wildman–Crippen MR) is 88.6 cm³/mol. The second-order valence-electron chi connectivity index (χ2n) is 6.42. The SMILES string of the molecule is CC(C)[C@@H]1CN(C(=O)c2cnc[nH]c2=O)C[C@H]1NS(=O)(=O)N(C)C. The van der Waals surface area contributed by atoms with E-state index >= 15 is 0 Å². The standard InChI is InChI=1S/C14H23N5O4S/c1-9(2)11-6-19(7-12(11)17-24(22,23)18(3)4)14(21)10-5-15-8-16-13(10)20/h5,8-9,11-12,17H,6-7H2,1-4H3,(H,15,16,20)/t11-,12+/m0/s1. The van der Waals surface area contributed by atoms with E-state index in [9.17, 15) is 18.0 Å². The molecular weight excluding hydrogens is 334 g/mol. The van der Waals surface area contributed by atoms with Gasteiger partial charge in [0.25, 0.3) is 21.7 Å². The minimum atomic E-state index is -3.60. The maximum atomic E-state index is 12.6. The van der Waals surface area contributed by atoms with Gasteiger partial charge in [0.1, 0.15) is 5.56 Å². The lowest BCUT2D eigenvalue weighted by Crippen LogP contribution is -2.47. The van der Waals surface area contributed by atoms with Crippen LogP contribution in [0.4, 0.5) is 0 Å². The highest BCUT2D eigenvalue weighted by Gasteiger charge is 2.40. The molecular formula is C14H23N5O4S. The van der Waals surface area contributed by atoms with Gasteiger partial charge in [-0.15, -0.1) is 0 Å². The minimum Gasteiger partial charge on any atom is -0.336 e. The van der Waals surface area contributed by atoms with E-state index in [1.54, 1.807) is 0 Å². The highest BCUT2D eigenvalue weighted by molar-refractivity contribution is 7.87. The zero-order valence-electron chi connectivity index (χ0n) is 14.2. The first kappa shape index (κ1) is 18.6. The van der Waals surface area contributed by atoms with E-state index < -0.39 is 27.7 Å². The third-order valence-corrected chi connectivity index (χ3v) is 5.80. The van der Waals surface area contributed by atoms with Gasteiger partial charge in [-0.05, 0) is 11.8 Å². The number of hydrogen-bond acceptors (Lipinski definition) is 5. The fourth-order valence-electron chi connectivity index (χ4n) is 2.76. The molecule has 0 spiro atoms. The van der Waals surface area contributed by atoms with Crippen LogP contribution >= 0.6 is 0 Å². The second kappa shape index (κ2) is 6.99. The quantitative estimate of drug-likeness (QED) is 0.720. The third kappa shape index (κ3) is 3.82. The van der Waals surface area contributed by atoms with Crippen molar-refractivity contribution >= 4 is 16.1 Å². The van der Waals surface area contributed by atoms with Crippen molar-refractivity contribution in [1.29, 1.82) is 0 Å². The predicted octanol–water partition coefficient (Wildman–Crippen LogP) is -0.737. The number of aromatic amines is 1. The monoisotopic (exact) mass is 357 g/mol. The maximum absolute atomic E-state index is 12.6. The van der Waals surface area contributed by atoms with E-state index in [4.69, 9.17) is 0 Å². The molecule has 2 heterocycles. The Kier molecular flexibility index (Phi) is 5.41. The van der Waals surface area contributed by atoms with Gasteiger partial charge in [-0.2, -0.15) is 17.4 Å². The number of carbonyl (C=O) groups is 1. The van der Waals surface area contributed by atoms with E-state index in [1.165, 1.54) is 31.5 Å². The Balaban J connectivity index is 2.23. The number of rotatable bonds is 5. The van der Waals surface area contributed by atoms with Gasteiger partial charge < -0.3 is 9.88 Å². The van der Waals surface area contributed by atoms with Crippen LogP contribution in [0.2, 0.25) is 0 Å². The number of carbonyl (C=O) groups excluding carboxylic acids is 1. The van der Waals surface area contributed by atoms with Crippen LogP contribution in [-0.2, 0) is 10.2 Å². The van der Waals surface area contributed by atoms with Crippen LogP contribution in [0.15, 0.2) is 17.3 Å². The van der Waals surface area contributed by atoms with E-state index in [-0.39, 0.29) is 23.9 Å².